The number of nitriles is 1. The molecule has 0 unspecified atom stereocenters. The molecule has 6 heteroatoms. The molecule has 36 heavy (non-hydrogen) atoms. The van der Waals surface area contributed by atoms with Gasteiger partial charge in [-0.15, -0.1) is 0 Å². The van der Waals surface area contributed by atoms with E-state index in [0.717, 1.165) is 57.0 Å². The van der Waals surface area contributed by atoms with Crippen molar-refractivity contribution in [1.29, 1.82) is 5.26 Å². The van der Waals surface area contributed by atoms with Gasteiger partial charge in [0.05, 0.1) is 11.3 Å². The van der Waals surface area contributed by atoms with Gasteiger partial charge in [0.2, 0.25) is 0 Å². The van der Waals surface area contributed by atoms with Crippen LogP contribution in [0.15, 0.2) is 54.9 Å². The van der Waals surface area contributed by atoms with Crippen LogP contribution in [-0.4, -0.2) is 41.1 Å². The predicted molar refractivity (Wildman–Crippen MR) is 147 cm³/mol. The fourth-order valence-corrected chi connectivity index (χ4v) is 4.75. The maximum Gasteiger partial charge on any atom is 0.119 e. The Bertz CT molecular complexity index is 1420. The molecule has 2 aromatic carbocycles. The van der Waals surface area contributed by atoms with E-state index in [4.69, 9.17) is 4.74 Å². The van der Waals surface area contributed by atoms with Crippen LogP contribution in [0.25, 0.3) is 23.1 Å². The molecular weight excluding hydrogens is 446 g/mol. The highest BCUT2D eigenvalue weighted by molar-refractivity contribution is 5.90. The normalized spacial score (nSPS) is 13.9. The van der Waals surface area contributed by atoms with Gasteiger partial charge >= 0.3 is 0 Å². The van der Waals surface area contributed by atoms with Crippen molar-refractivity contribution in [2.75, 3.05) is 31.6 Å². The van der Waals surface area contributed by atoms with Crippen LogP contribution in [0.4, 0.5) is 11.4 Å². The zero-order chi connectivity index (χ0) is 24.9. The van der Waals surface area contributed by atoms with Crippen LogP contribution < -0.4 is 10.1 Å². The number of pyridine rings is 1. The standard InChI is InChI=1S/C30H31N5O/c1-21-26-13-14-32-29(26)12-11-28(21)34-30-24(19-31)20-33-22(2)27(30)10-7-23-5-8-25(9-6-23)36-18-17-35-15-3-4-16-35/h5-14,20,32H,3-4,15-18H2,1-2H3,(H,33,34). The number of fused-ring (bicyclic) bond motifs is 1. The minimum atomic E-state index is 0.510. The van der Waals surface area contributed by atoms with E-state index in [-0.39, 0.29) is 0 Å². The van der Waals surface area contributed by atoms with Crippen LogP contribution in [0.1, 0.15) is 40.8 Å². The summed E-state index contributed by atoms with van der Waals surface area (Å²) in [5.74, 6) is 0.883. The lowest BCUT2D eigenvalue weighted by Crippen LogP contribution is -2.25. The van der Waals surface area contributed by atoms with E-state index in [1.165, 1.54) is 25.9 Å². The molecule has 0 amide bonds. The quantitative estimate of drug-likeness (QED) is 0.305. The SMILES string of the molecule is Cc1ncc(C#N)c(Nc2ccc3[nH]ccc3c2C)c1C=Cc1ccc(OCCN2CCCC2)cc1. The third-order valence-corrected chi connectivity index (χ3v) is 6.90. The molecule has 0 radical (unpaired) electrons. The summed E-state index contributed by atoms with van der Waals surface area (Å²) in [6.07, 6.45) is 10.2. The highest BCUT2D eigenvalue weighted by atomic mass is 16.5. The number of nitrogens with one attached hydrogen (secondary N) is 2. The summed E-state index contributed by atoms with van der Waals surface area (Å²) in [4.78, 5) is 10.2. The van der Waals surface area contributed by atoms with Crippen molar-refractivity contribution in [1.82, 2.24) is 14.9 Å². The van der Waals surface area contributed by atoms with Crippen LogP contribution in [0.5, 0.6) is 5.75 Å². The Balaban J connectivity index is 1.35. The topological polar surface area (TPSA) is 77.0 Å². The van der Waals surface area contributed by atoms with Gasteiger partial charge in [-0.1, -0.05) is 24.3 Å². The molecule has 2 aromatic heterocycles. The molecule has 0 bridgehead atoms. The number of likely N-dealkylation sites (tertiary alicyclic amines) is 1. The third kappa shape index (κ3) is 5.12. The first-order valence-corrected chi connectivity index (χ1v) is 12.5. The van der Waals surface area contributed by atoms with Gasteiger partial charge in [-0.25, -0.2) is 0 Å². The number of hydrogen-bond acceptors (Lipinski definition) is 5. The Hall–Kier alpha value is -4.08. The largest absolute Gasteiger partial charge is 0.492 e. The van der Waals surface area contributed by atoms with Crippen molar-refractivity contribution in [2.24, 2.45) is 0 Å². The highest BCUT2D eigenvalue weighted by Gasteiger charge is 2.14. The maximum atomic E-state index is 9.80. The molecule has 0 spiro atoms. The van der Waals surface area contributed by atoms with Crippen LogP contribution in [0.2, 0.25) is 0 Å². The summed E-state index contributed by atoms with van der Waals surface area (Å²) >= 11 is 0. The van der Waals surface area contributed by atoms with Gasteiger partial charge < -0.3 is 15.0 Å². The van der Waals surface area contributed by atoms with Crippen molar-refractivity contribution < 1.29 is 4.74 Å². The maximum absolute atomic E-state index is 9.80. The summed E-state index contributed by atoms with van der Waals surface area (Å²) < 4.78 is 5.93. The van der Waals surface area contributed by atoms with Gasteiger partial charge in [-0.2, -0.15) is 5.26 Å². The monoisotopic (exact) mass is 477 g/mol. The van der Waals surface area contributed by atoms with Crippen molar-refractivity contribution in [3.05, 3.63) is 82.8 Å². The smallest absolute Gasteiger partial charge is 0.119 e. The van der Waals surface area contributed by atoms with Crippen molar-refractivity contribution >= 4 is 34.4 Å². The van der Waals surface area contributed by atoms with Crippen molar-refractivity contribution in [3.63, 3.8) is 0 Å². The van der Waals surface area contributed by atoms with E-state index in [9.17, 15) is 5.26 Å². The minimum Gasteiger partial charge on any atom is -0.492 e. The van der Waals surface area contributed by atoms with Crippen LogP contribution in [-0.2, 0) is 0 Å². The summed E-state index contributed by atoms with van der Waals surface area (Å²) in [6, 6.07) is 16.6. The number of aromatic amines is 1. The zero-order valence-corrected chi connectivity index (χ0v) is 20.8. The molecule has 0 atom stereocenters. The number of hydrogen-bond donors (Lipinski definition) is 2. The van der Waals surface area contributed by atoms with Gasteiger partial charge in [0.15, 0.2) is 0 Å². The number of nitrogens with zero attached hydrogens (tertiary/aromatic N) is 3. The van der Waals surface area contributed by atoms with Crippen LogP contribution in [0, 0.1) is 25.2 Å². The van der Waals surface area contributed by atoms with Crippen LogP contribution >= 0.6 is 0 Å². The molecule has 2 N–H and O–H groups in total. The molecule has 3 heterocycles. The lowest BCUT2D eigenvalue weighted by molar-refractivity contribution is 0.238. The number of benzene rings is 2. The lowest BCUT2D eigenvalue weighted by Gasteiger charge is -2.16. The van der Waals surface area contributed by atoms with E-state index < -0.39 is 0 Å². The third-order valence-electron chi connectivity index (χ3n) is 6.90. The summed E-state index contributed by atoms with van der Waals surface area (Å²) in [6.45, 7) is 8.12. The molecular formula is C30H31N5O. The number of ether oxygens (including phenoxy) is 1. The van der Waals surface area contributed by atoms with E-state index in [1.54, 1.807) is 6.20 Å². The minimum absolute atomic E-state index is 0.510. The molecule has 1 saturated heterocycles. The van der Waals surface area contributed by atoms with E-state index >= 15 is 0 Å². The highest BCUT2D eigenvalue weighted by Crippen LogP contribution is 2.32. The Kier molecular flexibility index (Phi) is 7.01. The number of aromatic nitrogens is 2. The average Bonchev–Trinajstić information content (AvgIpc) is 3.59. The van der Waals surface area contributed by atoms with E-state index in [0.29, 0.717) is 12.2 Å². The summed E-state index contributed by atoms with van der Waals surface area (Å²) in [7, 11) is 0. The molecule has 1 fully saturated rings. The van der Waals surface area contributed by atoms with Crippen LogP contribution in [0.3, 0.4) is 0 Å². The second-order valence-corrected chi connectivity index (χ2v) is 9.26. The second kappa shape index (κ2) is 10.7. The summed E-state index contributed by atoms with van der Waals surface area (Å²) in [5, 5.41) is 14.5. The van der Waals surface area contributed by atoms with Gasteiger partial charge in [0.25, 0.3) is 0 Å². The Morgan fingerprint density at radius 3 is 2.67 bits per heavy atom. The molecule has 4 aromatic rings. The van der Waals surface area contributed by atoms with Gasteiger partial charge in [-0.3, -0.25) is 9.88 Å². The molecule has 0 saturated carbocycles. The molecule has 5 rings (SSSR count). The molecule has 6 nitrogen and oxygen atoms in total. The first kappa shape index (κ1) is 23.7. The second-order valence-electron chi connectivity index (χ2n) is 9.26. The molecule has 1 aliphatic rings. The average molecular weight is 478 g/mol. The van der Waals surface area contributed by atoms with Crippen molar-refractivity contribution in [2.45, 2.75) is 26.7 Å². The summed E-state index contributed by atoms with van der Waals surface area (Å²) in [5.41, 5.74) is 7.27. The molecule has 182 valence electrons. The Morgan fingerprint density at radius 2 is 1.89 bits per heavy atom. The van der Waals surface area contributed by atoms with Gasteiger partial charge in [0.1, 0.15) is 18.4 Å². The molecule has 1 aliphatic heterocycles. The van der Waals surface area contributed by atoms with E-state index in [1.807, 2.05) is 43.5 Å². The number of rotatable bonds is 8. The zero-order valence-electron chi connectivity index (χ0n) is 20.8. The van der Waals surface area contributed by atoms with E-state index in [2.05, 4.69) is 57.4 Å². The number of aryl methyl sites for hydroxylation is 2. The fraction of sp³-hybridized carbons (Fsp3) is 0.267. The van der Waals surface area contributed by atoms with Gasteiger partial charge in [-0.05, 0) is 81.2 Å². The Morgan fingerprint density at radius 1 is 1.08 bits per heavy atom. The number of anilines is 2. The predicted octanol–water partition coefficient (Wildman–Crippen LogP) is 6.44. The first-order valence-electron chi connectivity index (χ1n) is 12.5. The molecule has 0 aliphatic carbocycles. The van der Waals surface area contributed by atoms with Gasteiger partial charge in [0, 0.05) is 46.8 Å². The lowest BCUT2D eigenvalue weighted by atomic mass is 10.0. The fourth-order valence-electron chi connectivity index (χ4n) is 4.75. The first-order chi connectivity index (χ1) is 17.6. The number of H-pyrrole nitrogens is 1. The van der Waals surface area contributed by atoms with Crippen molar-refractivity contribution in [3.8, 4) is 11.8 Å². The Labute approximate surface area is 212 Å².